The summed E-state index contributed by atoms with van der Waals surface area (Å²) in [7, 11) is -2.29. The molecule has 0 aliphatic heterocycles. The van der Waals surface area contributed by atoms with E-state index >= 15 is 0 Å². The van der Waals surface area contributed by atoms with E-state index in [4.69, 9.17) is 4.74 Å². The Morgan fingerprint density at radius 1 is 1.30 bits per heavy atom. The van der Waals surface area contributed by atoms with Crippen LogP contribution in [0.5, 0.6) is 5.75 Å². The Morgan fingerprint density at radius 3 is 2.35 bits per heavy atom. The van der Waals surface area contributed by atoms with Crippen molar-refractivity contribution in [2.24, 2.45) is 0 Å². The van der Waals surface area contributed by atoms with Crippen LogP contribution < -0.4 is 9.46 Å². The Bertz CT molecular complexity index is 600. The molecule has 6 heteroatoms. The van der Waals surface area contributed by atoms with Crippen LogP contribution in [0, 0.1) is 0 Å². The van der Waals surface area contributed by atoms with E-state index in [1.807, 2.05) is 0 Å². The van der Waals surface area contributed by atoms with Gasteiger partial charge in [-0.25, -0.2) is 13.1 Å². The van der Waals surface area contributed by atoms with Gasteiger partial charge in [-0.05, 0) is 45.4 Å². The molecule has 0 spiro atoms. The molecular formula is C14H21NO4S. The van der Waals surface area contributed by atoms with Crippen molar-refractivity contribution in [3.8, 4) is 5.75 Å². The average Bonchev–Trinajstić information content (AvgIpc) is 2.25. The van der Waals surface area contributed by atoms with E-state index in [-0.39, 0.29) is 22.8 Å². The molecule has 0 radical (unpaired) electrons. The number of methoxy groups -OCH3 is 1. The SMILES string of the molecule is COc1ccc(CC(C)=O)cc1S(=O)(=O)NC(C)(C)C. The van der Waals surface area contributed by atoms with E-state index in [2.05, 4.69) is 4.72 Å². The molecule has 1 N–H and O–H groups in total. The molecule has 0 heterocycles. The summed E-state index contributed by atoms with van der Waals surface area (Å²) in [6.45, 7) is 6.75. The Labute approximate surface area is 120 Å². The van der Waals surface area contributed by atoms with Gasteiger partial charge in [0.25, 0.3) is 0 Å². The highest BCUT2D eigenvalue weighted by Gasteiger charge is 2.25. The van der Waals surface area contributed by atoms with Gasteiger partial charge >= 0.3 is 0 Å². The monoisotopic (exact) mass is 299 g/mol. The first-order chi connectivity index (χ1) is 9.05. The van der Waals surface area contributed by atoms with E-state index in [9.17, 15) is 13.2 Å². The summed E-state index contributed by atoms with van der Waals surface area (Å²) >= 11 is 0. The van der Waals surface area contributed by atoms with Crippen LogP contribution >= 0.6 is 0 Å². The molecule has 0 saturated heterocycles. The Morgan fingerprint density at radius 2 is 1.90 bits per heavy atom. The van der Waals surface area contributed by atoms with E-state index in [0.29, 0.717) is 5.56 Å². The topological polar surface area (TPSA) is 72.5 Å². The highest BCUT2D eigenvalue weighted by atomic mass is 32.2. The number of sulfonamides is 1. The van der Waals surface area contributed by atoms with Crippen LogP contribution in [0.25, 0.3) is 0 Å². The lowest BCUT2D eigenvalue weighted by atomic mass is 10.1. The van der Waals surface area contributed by atoms with E-state index in [0.717, 1.165) is 0 Å². The summed E-state index contributed by atoms with van der Waals surface area (Å²) in [5.41, 5.74) is 0.0491. The molecule has 0 aliphatic rings. The second kappa shape index (κ2) is 5.93. The second-order valence-corrected chi connectivity index (χ2v) is 7.37. The molecule has 0 unspecified atom stereocenters. The fraction of sp³-hybridized carbons (Fsp3) is 0.500. The largest absolute Gasteiger partial charge is 0.495 e. The minimum Gasteiger partial charge on any atom is -0.495 e. The molecule has 5 nitrogen and oxygen atoms in total. The Balaban J connectivity index is 3.30. The third kappa shape index (κ3) is 4.61. The van der Waals surface area contributed by atoms with Gasteiger partial charge < -0.3 is 4.74 Å². The lowest BCUT2D eigenvalue weighted by molar-refractivity contribution is -0.116. The van der Waals surface area contributed by atoms with Gasteiger partial charge in [0.15, 0.2) is 0 Å². The van der Waals surface area contributed by atoms with Crippen LogP contribution in [0.4, 0.5) is 0 Å². The van der Waals surface area contributed by atoms with Gasteiger partial charge in [-0.3, -0.25) is 4.79 Å². The summed E-state index contributed by atoms with van der Waals surface area (Å²) in [5, 5.41) is 0. The number of hydrogen-bond acceptors (Lipinski definition) is 4. The first-order valence-electron chi connectivity index (χ1n) is 6.25. The Hall–Kier alpha value is -1.40. The minimum absolute atomic E-state index is 0.0257. The molecule has 1 aromatic carbocycles. The first-order valence-corrected chi connectivity index (χ1v) is 7.74. The van der Waals surface area contributed by atoms with E-state index in [1.54, 1.807) is 32.9 Å². The average molecular weight is 299 g/mol. The molecule has 20 heavy (non-hydrogen) atoms. The van der Waals surface area contributed by atoms with Crippen molar-refractivity contribution in [2.75, 3.05) is 7.11 Å². The molecule has 1 aromatic rings. The predicted molar refractivity (Wildman–Crippen MR) is 77.5 cm³/mol. The van der Waals surface area contributed by atoms with Crippen LogP contribution in [-0.4, -0.2) is 26.8 Å². The van der Waals surface area contributed by atoms with Crippen molar-refractivity contribution in [1.29, 1.82) is 0 Å². The highest BCUT2D eigenvalue weighted by Crippen LogP contribution is 2.26. The fourth-order valence-corrected chi connectivity index (χ4v) is 3.43. The van der Waals surface area contributed by atoms with Crippen LogP contribution in [0.1, 0.15) is 33.3 Å². The summed E-state index contributed by atoms with van der Waals surface area (Å²) in [6, 6.07) is 4.74. The number of ketones is 1. The third-order valence-corrected chi connectivity index (χ3v) is 4.19. The summed E-state index contributed by atoms with van der Waals surface area (Å²) < 4.78 is 32.5. The standard InChI is InChI=1S/C14H21NO4S/c1-10(16)8-11-6-7-12(19-5)13(9-11)20(17,18)15-14(2,3)4/h6-7,9,15H,8H2,1-5H3. The summed E-state index contributed by atoms with van der Waals surface area (Å²) in [5.74, 6) is 0.233. The molecule has 0 fully saturated rings. The molecule has 0 aliphatic carbocycles. The third-order valence-electron chi connectivity index (χ3n) is 2.41. The first kappa shape index (κ1) is 16.7. The van der Waals surface area contributed by atoms with Gasteiger partial charge in [0.2, 0.25) is 10.0 Å². The summed E-state index contributed by atoms with van der Waals surface area (Å²) in [4.78, 5) is 11.2. The van der Waals surface area contributed by atoms with E-state index < -0.39 is 15.6 Å². The fourth-order valence-electron chi connectivity index (χ4n) is 1.79. The van der Waals surface area contributed by atoms with Gasteiger partial charge in [0.1, 0.15) is 16.4 Å². The van der Waals surface area contributed by atoms with Gasteiger partial charge in [0, 0.05) is 12.0 Å². The van der Waals surface area contributed by atoms with E-state index in [1.165, 1.54) is 20.1 Å². The normalized spacial score (nSPS) is 12.2. The number of carbonyl (C=O) groups is 1. The molecule has 0 bridgehead atoms. The van der Waals surface area contributed by atoms with Crippen molar-refractivity contribution in [1.82, 2.24) is 4.72 Å². The van der Waals surface area contributed by atoms with Gasteiger partial charge in [0.05, 0.1) is 7.11 Å². The zero-order chi connectivity index (χ0) is 15.6. The number of Topliss-reactive ketones (excluding diaryl/α,β-unsaturated/α-hetero) is 1. The van der Waals surface area contributed by atoms with Gasteiger partial charge in [-0.1, -0.05) is 6.07 Å². The number of ether oxygens (including phenoxy) is 1. The van der Waals surface area contributed by atoms with Gasteiger partial charge in [-0.2, -0.15) is 0 Å². The number of carbonyl (C=O) groups excluding carboxylic acids is 1. The molecule has 112 valence electrons. The molecule has 1 rings (SSSR count). The van der Waals surface area contributed by atoms with Crippen LogP contribution in [0.15, 0.2) is 23.1 Å². The maximum atomic E-state index is 12.4. The molecule has 0 amide bonds. The van der Waals surface area contributed by atoms with Crippen LogP contribution in [-0.2, 0) is 21.2 Å². The van der Waals surface area contributed by atoms with Crippen molar-refractivity contribution in [3.63, 3.8) is 0 Å². The number of nitrogens with one attached hydrogen (secondary N) is 1. The quantitative estimate of drug-likeness (QED) is 0.901. The summed E-state index contributed by atoms with van der Waals surface area (Å²) in [6.07, 6.45) is 0.196. The number of benzene rings is 1. The lowest BCUT2D eigenvalue weighted by Crippen LogP contribution is -2.40. The highest BCUT2D eigenvalue weighted by molar-refractivity contribution is 7.89. The predicted octanol–water partition coefficient (Wildman–Crippen LogP) is 1.90. The van der Waals surface area contributed by atoms with Crippen molar-refractivity contribution < 1.29 is 17.9 Å². The smallest absolute Gasteiger partial charge is 0.244 e. The maximum absolute atomic E-state index is 12.4. The zero-order valence-corrected chi connectivity index (χ0v) is 13.3. The van der Waals surface area contributed by atoms with Crippen molar-refractivity contribution >= 4 is 15.8 Å². The van der Waals surface area contributed by atoms with Gasteiger partial charge in [-0.15, -0.1) is 0 Å². The minimum atomic E-state index is -3.71. The number of hydrogen-bond donors (Lipinski definition) is 1. The lowest BCUT2D eigenvalue weighted by Gasteiger charge is -2.21. The van der Waals surface area contributed by atoms with Crippen LogP contribution in [0.3, 0.4) is 0 Å². The van der Waals surface area contributed by atoms with Crippen molar-refractivity contribution in [2.45, 2.75) is 44.6 Å². The van der Waals surface area contributed by atoms with Crippen molar-refractivity contribution in [3.05, 3.63) is 23.8 Å². The molecule has 0 saturated carbocycles. The zero-order valence-electron chi connectivity index (χ0n) is 12.5. The Kier molecular flexibility index (Phi) is 4.94. The molecular weight excluding hydrogens is 278 g/mol. The molecule has 0 atom stereocenters. The second-order valence-electron chi connectivity index (χ2n) is 5.72. The van der Waals surface area contributed by atoms with Crippen LogP contribution in [0.2, 0.25) is 0 Å². The molecule has 0 aromatic heterocycles. The maximum Gasteiger partial charge on any atom is 0.244 e. The number of rotatable bonds is 5.